The maximum Gasteiger partial charge on any atom is 0.0545 e. The first-order valence-electron chi connectivity index (χ1n) is 19.2. The van der Waals surface area contributed by atoms with Crippen LogP contribution in [0.25, 0.3) is 77.4 Å². The summed E-state index contributed by atoms with van der Waals surface area (Å²) in [5.41, 5.74) is 16.4. The van der Waals surface area contributed by atoms with Crippen molar-refractivity contribution in [3.05, 3.63) is 224 Å². The first-order valence-corrected chi connectivity index (χ1v) is 19.2. The second-order valence-corrected chi connectivity index (χ2v) is 14.2. The molecule has 2 nitrogen and oxygen atoms in total. The molecule has 0 aliphatic carbocycles. The summed E-state index contributed by atoms with van der Waals surface area (Å²) in [6.45, 7) is 0. The van der Waals surface area contributed by atoms with Crippen molar-refractivity contribution in [3.8, 4) is 55.8 Å². The molecule has 0 saturated heterocycles. The van der Waals surface area contributed by atoms with Gasteiger partial charge in [-0.3, -0.25) is 0 Å². The van der Waals surface area contributed by atoms with Crippen LogP contribution < -0.4 is 4.90 Å². The summed E-state index contributed by atoms with van der Waals surface area (Å²) in [5.74, 6) is 0. The van der Waals surface area contributed by atoms with E-state index in [0.717, 1.165) is 28.3 Å². The van der Waals surface area contributed by atoms with Crippen molar-refractivity contribution >= 4 is 38.7 Å². The topological polar surface area (TPSA) is 19.0 Å². The summed E-state index contributed by atoms with van der Waals surface area (Å²) >= 11 is 0. The minimum atomic E-state index is 1.09. The summed E-state index contributed by atoms with van der Waals surface area (Å²) in [7, 11) is 0. The summed E-state index contributed by atoms with van der Waals surface area (Å²) in [6.07, 6.45) is 0. The highest BCUT2D eigenvalue weighted by atomic mass is 15.1. The number of aromatic nitrogens is 1. The van der Waals surface area contributed by atoms with E-state index in [0.29, 0.717) is 0 Å². The zero-order chi connectivity index (χ0) is 37.3. The van der Waals surface area contributed by atoms with Gasteiger partial charge in [-0.1, -0.05) is 182 Å². The Morgan fingerprint density at radius 1 is 0.286 bits per heavy atom. The molecule has 0 saturated carbocycles. The van der Waals surface area contributed by atoms with E-state index >= 15 is 0 Å². The molecule has 9 aromatic carbocycles. The third-order valence-electron chi connectivity index (χ3n) is 10.8. The Labute approximate surface area is 327 Å². The van der Waals surface area contributed by atoms with Crippen molar-refractivity contribution in [2.45, 2.75) is 0 Å². The SMILES string of the molecule is c1ccc(-c2ccc(N(c3ccc(-c4ccccc4)cc3)c3ccc(-c4cc5c(-c6ccccc6)c(-c6ccccc6)[nH]c5c5ccccc45)cc3)cc2)cc1. The van der Waals surface area contributed by atoms with Crippen LogP contribution in [-0.2, 0) is 0 Å². The first kappa shape index (κ1) is 33.2. The van der Waals surface area contributed by atoms with Crippen LogP contribution in [0, 0.1) is 0 Å². The molecule has 0 radical (unpaired) electrons. The zero-order valence-electron chi connectivity index (χ0n) is 30.8. The van der Waals surface area contributed by atoms with Crippen molar-refractivity contribution < 1.29 is 0 Å². The Bertz CT molecular complexity index is 2810. The average Bonchev–Trinajstić information content (AvgIpc) is 3.68. The fourth-order valence-electron chi connectivity index (χ4n) is 8.10. The monoisotopic (exact) mass is 714 g/mol. The molecule has 1 N–H and O–H groups in total. The van der Waals surface area contributed by atoms with Gasteiger partial charge in [0, 0.05) is 33.4 Å². The molecular formula is C54H38N2. The van der Waals surface area contributed by atoms with E-state index < -0.39 is 0 Å². The molecule has 264 valence electrons. The zero-order valence-corrected chi connectivity index (χ0v) is 30.8. The summed E-state index contributed by atoms with van der Waals surface area (Å²) in [5, 5.41) is 3.65. The lowest BCUT2D eigenvalue weighted by molar-refractivity contribution is 1.28. The third kappa shape index (κ3) is 6.14. The Balaban J connectivity index is 1.10. The Kier molecular flexibility index (Phi) is 8.55. The van der Waals surface area contributed by atoms with Crippen molar-refractivity contribution in [1.29, 1.82) is 0 Å². The third-order valence-corrected chi connectivity index (χ3v) is 10.8. The van der Waals surface area contributed by atoms with Crippen LogP contribution >= 0.6 is 0 Å². The van der Waals surface area contributed by atoms with Gasteiger partial charge >= 0.3 is 0 Å². The lowest BCUT2D eigenvalue weighted by Crippen LogP contribution is -2.09. The molecule has 0 amide bonds. The predicted octanol–water partition coefficient (Wildman–Crippen LogP) is 15.1. The number of hydrogen-bond acceptors (Lipinski definition) is 1. The van der Waals surface area contributed by atoms with Crippen LogP contribution in [0.5, 0.6) is 0 Å². The molecule has 1 heterocycles. The van der Waals surface area contributed by atoms with E-state index in [2.05, 4.69) is 234 Å². The molecule has 0 bridgehead atoms. The van der Waals surface area contributed by atoms with Crippen LogP contribution in [0.2, 0.25) is 0 Å². The van der Waals surface area contributed by atoms with E-state index in [1.165, 1.54) is 66.2 Å². The van der Waals surface area contributed by atoms with Crippen LogP contribution in [0.1, 0.15) is 0 Å². The van der Waals surface area contributed by atoms with E-state index in [1.54, 1.807) is 0 Å². The Morgan fingerprint density at radius 2 is 0.661 bits per heavy atom. The number of nitrogens with one attached hydrogen (secondary N) is 1. The Hall–Kier alpha value is -7.42. The highest BCUT2D eigenvalue weighted by Gasteiger charge is 2.20. The average molecular weight is 715 g/mol. The maximum absolute atomic E-state index is 3.88. The molecule has 0 spiro atoms. The molecule has 0 aliphatic heterocycles. The number of nitrogens with zero attached hydrogens (tertiary/aromatic N) is 1. The molecule has 56 heavy (non-hydrogen) atoms. The molecule has 2 heteroatoms. The van der Waals surface area contributed by atoms with E-state index in [1.807, 2.05) is 0 Å². The number of aromatic amines is 1. The second kappa shape index (κ2) is 14.4. The fraction of sp³-hybridized carbons (Fsp3) is 0. The number of fused-ring (bicyclic) bond motifs is 3. The quantitative estimate of drug-likeness (QED) is 0.166. The van der Waals surface area contributed by atoms with Gasteiger partial charge in [0.25, 0.3) is 0 Å². The van der Waals surface area contributed by atoms with Crippen LogP contribution in [0.3, 0.4) is 0 Å². The van der Waals surface area contributed by atoms with Crippen molar-refractivity contribution in [1.82, 2.24) is 4.98 Å². The largest absolute Gasteiger partial charge is 0.353 e. The van der Waals surface area contributed by atoms with Gasteiger partial charge in [-0.25, -0.2) is 0 Å². The van der Waals surface area contributed by atoms with Crippen molar-refractivity contribution in [2.24, 2.45) is 0 Å². The predicted molar refractivity (Wildman–Crippen MR) is 238 cm³/mol. The first-order chi connectivity index (χ1) is 27.8. The number of hydrogen-bond donors (Lipinski definition) is 1. The fourth-order valence-corrected chi connectivity index (χ4v) is 8.10. The lowest BCUT2D eigenvalue weighted by Gasteiger charge is -2.26. The van der Waals surface area contributed by atoms with Gasteiger partial charge in [-0.15, -0.1) is 0 Å². The number of rotatable bonds is 8. The summed E-state index contributed by atoms with van der Waals surface area (Å²) in [4.78, 5) is 6.23. The van der Waals surface area contributed by atoms with Gasteiger partial charge in [0.2, 0.25) is 0 Å². The highest BCUT2D eigenvalue weighted by Crippen LogP contribution is 2.45. The Morgan fingerprint density at radius 3 is 1.14 bits per heavy atom. The normalized spacial score (nSPS) is 11.2. The van der Waals surface area contributed by atoms with Crippen molar-refractivity contribution in [3.63, 3.8) is 0 Å². The van der Waals surface area contributed by atoms with Crippen LogP contribution in [0.15, 0.2) is 224 Å². The molecule has 0 unspecified atom stereocenters. The van der Waals surface area contributed by atoms with Crippen LogP contribution in [-0.4, -0.2) is 4.98 Å². The van der Waals surface area contributed by atoms with E-state index in [-0.39, 0.29) is 0 Å². The molecule has 1 aromatic heterocycles. The minimum Gasteiger partial charge on any atom is -0.353 e. The van der Waals surface area contributed by atoms with E-state index in [4.69, 9.17) is 0 Å². The van der Waals surface area contributed by atoms with Crippen molar-refractivity contribution in [2.75, 3.05) is 4.90 Å². The lowest BCUT2D eigenvalue weighted by atomic mass is 9.92. The molecule has 0 fully saturated rings. The van der Waals surface area contributed by atoms with Gasteiger partial charge in [0.1, 0.15) is 0 Å². The smallest absolute Gasteiger partial charge is 0.0545 e. The number of H-pyrrole nitrogens is 1. The highest BCUT2D eigenvalue weighted by molar-refractivity contribution is 6.18. The summed E-state index contributed by atoms with van der Waals surface area (Å²) < 4.78 is 0. The van der Waals surface area contributed by atoms with Crippen LogP contribution in [0.4, 0.5) is 17.1 Å². The van der Waals surface area contributed by atoms with Gasteiger partial charge in [-0.2, -0.15) is 0 Å². The van der Waals surface area contributed by atoms with E-state index in [9.17, 15) is 0 Å². The molecule has 10 rings (SSSR count). The maximum atomic E-state index is 3.88. The van der Waals surface area contributed by atoms with Gasteiger partial charge < -0.3 is 9.88 Å². The molecule has 0 aliphatic rings. The van der Waals surface area contributed by atoms with Gasteiger partial charge in [0.05, 0.1) is 11.2 Å². The molecule has 0 atom stereocenters. The standard InChI is InChI=1S/C54H38N2/c1-5-15-38(16-6-1)40-25-31-45(32-26-40)56(46-33-27-41(28-34-46)39-17-7-2-8-18-39)47-35-29-42(30-36-47)50-37-51-52(43-19-9-3-10-20-43)53(44-21-11-4-12-22-44)55-54(51)49-24-14-13-23-48(49)50/h1-37,55H. The summed E-state index contributed by atoms with van der Waals surface area (Å²) in [6, 6.07) is 80.6. The number of benzene rings is 9. The number of anilines is 3. The van der Waals surface area contributed by atoms with Gasteiger partial charge in [-0.05, 0) is 92.4 Å². The molecule has 10 aromatic rings. The minimum absolute atomic E-state index is 1.09. The molecular weight excluding hydrogens is 677 g/mol. The van der Waals surface area contributed by atoms with Gasteiger partial charge in [0.15, 0.2) is 0 Å². The second-order valence-electron chi connectivity index (χ2n) is 14.2.